The number of piperidine rings is 1. The van der Waals surface area contributed by atoms with Crippen molar-refractivity contribution in [1.29, 1.82) is 0 Å². The van der Waals surface area contributed by atoms with E-state index >= 15 is 0 Å². The van der Waals surface area contributed by atoms with Crippen molar-refractivity contribution in [3.05, 3.63) is 53.1 Å². The van der Waals surface area contributed by atoms with Crippen LogP contribution in [0.2, 0.25) is 0 Å². The van der Waals surface area contributed by atoms with Crippen LogP contribution in [0.25, 0.3) is 0 Å². The molecule has 4 rings (SSSR count). The zero-order chi connectivity index (χ0) is 19.3. The summed E-state index contributed by atoms with van der Waals surface area (Å²) in [6, 6.07) is 10.1. The molecule has 6 nitrogen and oxygen atoms in total. The van der Waals surface area contributed by atoms with Gasteiger partial charge in [-0.2, -0.15) is 0 Å². The van der Waals surface area contributed by atoms with E-state index in [0.29, 0.717) is 18.1 Å². The molecule has 1 saturated heterocycles. The summed E-state index contributed by atoms with van der Waals surface area (Å²) in [5, 5.41) is 2.99. The van der Waals surface area contributed by atoms with Gasteiger partial charge in [-0.15, -0.1) is 0 Å². The summed E-state index contributed by atoms with van der Waals surface area (Å²) in [4.78, 5) is 32.3. The van der Waals surface area contributed by atoms with E-state index in [9.17, 15) is 9.59 Å². The number of carbonyl (C=O) groups is 2. The number of fused-ring (bicyclic) bond motifs is 1. The van der Waals surface area contributed by atoms with Gasteiger partial charge in [-0.1, -0.05) is 30.3 Å². The van der Waals surface area contributed by atoms with Gasteiger partial charge in [-0.3, -0.25) is 9.59 Å². The van der Waals surface area contributed by atoms with Gasteiger partial charge >= 0.3 is 0 Å². The van der Waals surface area contributed by atoms with E-state index in [1.54, 1.807) is 0 Å². The molecule has 0 bridgehead atoms. The van der Waals surface area contributed by atoms with Crippen LogP contribution in [0.15, 0.2) is 30.3 Å². The van der Waals surface area contributed by atoms with Gasteiger partial charge in [0.05, 0.1) is 5.69 Å². The molecule has 148 valence electrons. The first kappa shape index (κ1) is 18.7. The lowest BCUT2D eigenvalue weighted by atomic mass is 10.1. The van der Waals surface area contributed by atoms with Crippen LogP contribution in [0.4, 0.5) is 0 Å². The van der Waals surface area contributed by atoms with E-state index in [-0.39, 0.29) is 11.8 Å². The number of nitrogens with zero attached hydrogens (tertiary/aromatic N) is 3. The number of amides is 2. The number of rotatable bonds is 5. The largest absolute Gasteiger partial charge is 0.350 e. The lowest BCUT2D eigenvalue weighted by molar-refractivity contribution is 0.0705. The summed E-state index contributed by atoms with van der Waals surface area (Å²) in [5.41, 5.74) is 2.55. The molecular formula is C22H28N4O2. The number of nitrogens with one attached hydrogen (secondary N) is 1. The van der Waals surface area contributed by atoms with Crippen molar-refractivity contribution in [3.8, 4) is 0 Å². The molecule has 0 saturated carbocycles. The topological polar surface area (TPSA) is 67.2 Å². The monoisotopic (exact) mass is 380 g/mol. The SMILES string of the molecule is O=C(NCCc1ccccc1)c1nc(C(=O)N2CCCCC2)n2c1CCCC2. The number of carbonyl (C=O) groups excluding carboxylic acids is 2. The highest BCUT2D eigenvalue weighted by Gasteiger charge is 2.30. The minimum absolute atomic E-state index is 0.0221. The first-order chi connectivity index (χ1) is 13.7. The molecule has 0 aliphatic carbocycles. The zero-order valence-electron chi connectivity index (χ0n) is 16.3. The third kappa shape index (κ3) is 3.96. The molecule has 2 aliphatic heterocycles. The Hall–Kier alpha value is -2.63. The number of hydrogen-bond donors (Lipinski definition) is 1. The average Bonchev–Trinajstić information content (AvgIpc) is 3.14. The Kier molecular flexibility index (Phi) is 5.74. The molecular weight excluding hydrogens is 352 g/mol. The Bertz CT molecular complexity index is 838. The first-order valence-electron chi connectivity index (χ1n) is 10.4. The maximum atomic E-state index is 13.0. The van der Waals surface area contributed by atoms with Crippen molar-refractivity contribution in [1.82, 2.24) is 19.8 Å². The second-order valence-corrected chi connectivity index (χ2v) is 7.68. The van der Waals surface area contributed by atoms with Crippen LogP contribution in [0.5, 0.6) is 0 Å². The van der Waals surface area contributed by atoms with Crippen LogP contribution in [0, 0.1) is 0 Å². The predicted molar refractivity (Wildman–Crippen MR) is 107 cm³/mol. The lowest BCUT2D eigenvalue weighted by Crippen LogP contribution is -2.37. The summed E-state index contributed by atoms with van der Waals surface area (Å²) in [7, 11) is 0. The second-order valence-electron chi connectivity index (χ2n) is 7.68. The molecule has 1 aromatic carbocycles. The van der Waals surface area contributed by atoms with Gasteiger partial charge in [-0.05, 0) is 50.5 Å². The van der Waals surface area contributed by atoms with Crippen molar-refractivity contribution in [2.75, 3.05) is 19.6 Å². The van der Waals surface area contributed by atoms with Gasteiger partial charge in [0, 0.05) is 26.2 Å². The van der Waals surface area contributed by atoms with Crippen LogP contribution in [-0.2, 0) is 19.4 Å². The Morgan fingerprint density at radius 2 is 1.71 bits per heavy atom. The molecule has 0 spiro atoms. The van der Waals surface area contributed by atoms with Gasteiger partial charge in [0.1, 0.15) is 5.69 Å². The van der Waals surface area contributed by atoms with Crippen molar-refractivity contribution in [2.24, 2.45) is 0 Å². The quantitative estimate of drug-likeness (QED) is 0.867. The number of benzene rings is 1. The maximum absolute atomic E-state index is 13.0. The molecule has 6 heteroatoms. The minimum Gasteiger partial charge on any atom is -0.350 e. The summed E-state index contributed by atoms with van der Waals surface area (Å²) in [6.07, 6.45) is 6.92. The van der Waals surface area contributed by atoms with Gasteiger partial charge in [-0.25, -0.2) is 4.98 Å². The number of likely N-dealkylation sites (tertiary alicyclic amines) is 1. The fraction of sp³-hybridized carbons (Fsp3) is 0.500. The van der Waals surface area contributed by atoms with Gasteiger partial charge in [0.15, 0.2) is 5.82 Å². The van der Waals surface area contributed by atoms with E-state index in [1.807, 2.05) is 27.7 Å². The fourth-order valence-corrected chi connectivity index (χ4v) is 4.18. The molecule has 28 heavy (non-hydrogen) atoms. The predicted octanol–water partition coefficient (Wildman–Crippen LogP) is 2.82. The normalized spacial score (nSPS) is 16.5. The summed E-state index contributed by atoms with van der Waals surface area (Å²) >= 11 is 0. The number of imidazole rings is 1. The van der Waals surface area contributed by atoms with Crippen molar-refractivity contribution < 1.29 is 9.59 Å². The number of hydrogen-bond acceptors (Lipinski definition) is 3. The van der Waals surface area contributed by atoms with Crippen molar-refractivity contribution in [3.63, 3.8) is 0 Å². The Balaban J connectivity index is 1.49. The van der Waals surface area contributed by atoms with E-state index in [0.717, 1.165) is 63.9 Å². The minimum atomic E-state index is -0.167. The highest BCUT2D eigenvalue weighted by molar-refractivity contribution is 5.97. The van der Waals surface area contributed by atoms with Crippen molar-refractivity contribution >= 4 is 11.8 Å². The van der Waals surface area contributed by atoms with Gasteiger partial charge in [0.25, 0.3) is 11.8 Å². The van der Waals surface area contributed by atoms with Crippen LogP contribution in [0.3, 0.4) is 0 Å². The Labute approximate surface area is 165 Å². The third-order valence-corrected chi connectivity index (χ3v) is 5.71. The number of aromatic nitrogens is 2. The molecule has 0 radical (unpaired) electrons. The molecule has 0 atom stereocenters. The molecule has 2 amide bonds. The standard InChI is InChI=1S/C22H28N4O2/c27-21(23-13-12-17-9-3-1-4-10-17)19-18-11-5-8-16-26(18)20(24-19)22(28)25-14-6-2-7-15-25/h1,3-4,9-10H,2,5-8,11-16H2,(H,23,27). The van der Waals surface area contributed by atoms with E-state index in [2.05, 4.69) is 22.4 Å². The molecule has 1 N–H and O–H groups in total. The summed E-state index contributed by atoms with van der Waals surface area (Å²) in [6.45, 7) is 2.92. The molecule has 3 heterocycles. The van der Waals surface area contributed by atoms with Crippen LogP contribution in [0.1, 0.15) is 64.5 Å². The average molecular weight is 380 g/mol. The van der Waals surface area contributed by atoms with E-state index in [4.69, 9.17) is 0 Å². The highest BCUT2D eigenvalue weighted by atomic mass is 16.2. The summed E-state index contributed by atoms with van der Waals surface area (Å²) < 4.78 is 1.99. The van der Waals surface area contributed by atoms with Gasteiger partial charge in [0.2, 0.25) is 0 Å². The molecule has 1 aromatic heterocycles. The van der Waals surface area contributed by atoms with E-state index in [1.165, 1.54) is 12.0 Å². The molecule has 2 aliphatic rings. The van der Waals surface area contributed by atoms with Gasteiger partial charge < -0.3 is 14.8 Å². The third-order valence-electron chi connectivity index (χ3n) is 5.71. The molecule has 2 aromatic rings. The lowest BCUT2D eigenvalue weighted by Gasteiger charge is -2.27. The van der Waals surface area contributed by atoms with Crippen LogP contribution < -0.4 is 5.32 Å². The smallest absolute Gasteiger partial charge is 0.289 e. The fourth-order valence-electron chi connectivity index (χ4n) is 4.18. The molecule has 1 fully saturated rings. The highest BCUT2D eigenvalue weighted by Crippen LogP contribution is 2.23. The summed E-state index contributed by atoms with van der Waals surface area (Å²) in [5.74, 6) is 0.260. The second kappa shape index (κ2) is 8.59. The van der Waals surface area contributed by atoms with E-state index < -0.39 is 0 Å². The van der Waals surface area contributed by atoms with Crippen molar-refractivity contribution in [2.45, 2.75) is 51.5 Å². The maximum Gasteiger partial charge on any atom is 0.289 e. The Morgan fingerprint density at radius 1 is 0.964 bits per heavy atom. The zero-order valence-corrected chi connectivity index (χ0v) is 16.3. The van der Waals surface area contributed by atoms with Crippen LogP contribution >= 0.6 is 0 Å². The molecule has 0 unspecified atom stereocenters. The Morgan fingerprint density at radius 3 is 2.50 bits per heavy atom. The first-order valence-corrected chi connectivity index (χ1v) is 10.4. The van der Waals surface area contributed by atoms with Crippen LogP contribution in [-0.4, -0.2) is 45.9 Å².